The first-order valence-corrected chi connectivity index (χ1v) is 6.71. The fourth-order valence-electron chi connectivity index (χ4n) is 2.30. The zero-order valence-corrected chi connectivity index (χ0v) is 11.8. The Morgan fingerprint density at radius 3 is 2.89 bits per heavy atom. The normalized spacial score (nSPS) is 21.7. The van der Waals surface area contributed by atoms with Crippen molar-refractivity contribution in [2.24, 2.45) is 5.92 Å². The fourth-order valence-corrected chi connectivity index (χ4v) is 2.30. The molecule has 1 aliphatic rings. The molecule has 106 valence electrons. The SMILES string of the molecule is CC(C)CN1CCOC(CN(C)CCC(=O)O)C1. The molecule has 18 heavy (non-hydrogen) atoms. The van der Waals surface area contributed by atoms with Gasteiger partial charge in [0.1, 0.15) is 0 Å². The molecule has 5 heteroatoms. The molecule has 0 radical (unpaired) electrons. The van der Waals surface area contributed by atoms with E-state index in [0.717, 1.165) is 32.8 Å². The number of aliphatic carboxylic acids is 1. The zero-order valence-electron chi connectivity index (χ0n) is 11.8. The first-order chi connectivity index (χ1) is 8.47. The lowest BCUT2D eigenvalue weighted by molar-refractivity contribution is -0.137. The van der Waals surface area contributed by atoms with E-state index in [-0.39, 0.29) is 12.5 Å². The quantitative estimate of drug-likeness (QED) is 0.730. The van der Waals surface area contributed by atoms with Gasteiger partial charge in [0.2, 0.25) is 0 Å². The molecule has 5 nitrogen and oxygen atoms in total. The highest BCUT2D eigenvalue weighted by molar-refractivity contribution is 5.66. The summed E-state index contributed by atoms with van der Waals surface area (Å²) in [5.41, 5.74) is 0. The van der Waals surface area contributed by atoms with Gasteiger partial charge in [-0.15, -0.1) is 0 Å². The second kappa shape index (κ2) is 7.71. The summed E-state index contributed by atoms with van der Waals surface area (Å²) in [4.78, 5) is 15.0. The number of carboxylic acid groups (broad SMARTS) is 1. The van der Waals surface area contributed by atoms with Crippen LogP contribution in [0.25, 0.3) is 0 Å². The number of hydrogen-bond acceptors (Lipinski definition) is 4. The summed E-state index contributed by atoms with van der Waals surface area (Å²) in [6, 6.07) is 0. The average Bonchev–Trinajstić information content (AvgIpc) is 2.26. The van der Waals surface area contributed by atoms with Crippen molar-refractivity contribution in [1.82, 2.24) is 9.80 Å². The minimum absolute atomic E-state index is 0.193. The number of likely N-dealkylation sites (N-methyl/N-ethyl adjacent to an activating group) is 1. The van der Waals surface area contributed by atoms with Gasteiger partial charge in [0.15, 0.2) is 0 Å². The number of carbonyl (C=O) groups is 1. The summed E-state index contributed by atoms with van der Waals surface area (Å²) in [6.45, 7) is 9.69. The predicted octanol–water partition coefficient (Wildman–Crippen LogP) is 0.750. The summed E-state index contributed by atoms with van der Waals surface area (Å²) < 4.78 is 5.74. The Kier molecular flexibility index (Phi) is 6.60. The van der Waals surface area contributed by atoms with E-state index in [0.29, 0.717) is 12.5 Å². The van der Waals surface area contributed by atoms with Gasteiger partial charge in [-0.2, -0.15) is 0 Å². The summed E-state index contributed by atoms with van der Waals surface area (Å²) in [7, 11) is 1.95. The van der Waals surface area contributed by atoms with Gasteiger partial charge in [0.05, 0.1) is 19.1 Å². The average molecular weight is 258 g/mol. The minimum atomic E-state index is -0.743. The van der Waals surface area contributed by atoms with Crippen LogP contribution in [0.3, 0.4) is 0 Å². The van der Waals surface area contributed by atoms with Crippen molar-refractivity contribution in [1.29, 1.82) is 0 Å². The van der Waals surface area contributed by atoms with Crippen LogP contribution in [0.1, 0.15) is 20.3 Å². The minimum Gasteiger partial charge on any atom is -0.481 e. The first-order valence-electron chi connectivity index (χ1n) is 6.71. The Labute approximate surface area is 110 Å². The van der Waals surface area contributed by atoms with Crippen LogP contribution >= 0.6 is 0 Å². The van der Waals surface area contributed by atoms with Crippen LogP contribution in [-0.4, -0.2) is 73.4 Å². The van der Waals surface area contributed by atoms with Crippen molar-refractivity contribution in [3.05, 3.63) is 0 Å². The van der Waals surface area contributed by atoms with E-state index >= 15 is 0 Å². The number of carboxylic acids is 1. The molecule has 1 saturated heterocycles. The third-order valence-electron chi connectivity index (χ3n) is 3.07. The number of morpholine rings is 1. The van der Waals surface area contributed by atoms with Gasteiger partial charge in [-0.05, 0) is 13.0 Å². The predicted molar refractivity (Wildman–Crippen MR) is 70.8 cm³/mol. The lowest BCUT2D eigenvalue weighted by Crippen LogP contribution is -2.48. The van der Waals surface area contributed by atoms with Crippen LogP contribution in [0.4, 0.5) is 0 Å². The fraction of sp³-hybridized carbons (Fsp3) is 0.923. The van der Waals surface area contributed by atoms with Crippen LogP contribution < -0.4 is 0 Å². The second-order valence-corrected chi connectivity index (χ2v) is 5.55. The zero-order chi connectivity index (χ0) is 13.5. The molecule has 0 spiro atoms. The molecule has 1 aliphatic heterocycles. The largest absolute Gasteiger partial charge is 0.481 e. The van der Waals surface area contributed by atoms with E-state index in [4.69, 9.17) is 9.84 Å². The van der Waals surface area contributed by atoms with Crippen LogP contribution in [-0.2, 0) is 9.53 Å². The molecule has 1 unspecified atom stereocenters. The van der Waals surface area contributed by atoms with Crippen LogP contribution in [0, 0.1) is 5.92 Å². The molecular weight excluding hydrogens is 232 g/mol. The van der Waals surface area contributed by atoms with E-state index in [1.165, 1.54) is 0 Å². The summed E-state index contributed by atoms with van der Waals surface area (Å²) >= 11 is 0. The highest BCUT2D eigenvalue weighted by Gasteiger charge is 2.22. The molecule has 0 aliphatic carbocycles. The third-order valence-corrected chi connectivity index (χ3v) is 3.07. The maximum absolute atomic E-state index is 10.5. The highest BCUT2D eigenvalue weighted by atomic mass is 16.5. The topological polar surface area (TPSA) is 53.0 Å². The van der Waals surface area contributed by atoms with Gasteiger partial charge in [0.25, 0.3) is 0 Å². The molecule has 1 heterocycles. The molecule has 0 aromatic carbocycles. The van der Waals surface area contributed by atoms with E-state index < -0.39 is 5.97 Å². The van der Waals surface area contributed by atoms with Crippen molar-refractivity contribution < 1.29 is 14.6 Å². The Balaban J connectivity index is 2.26. The first kappa shape index (κ1) is 15.4. The molecule has 1 N–H and O–H groups in total. The van der Waals surface area contributed by atoms with E-state index in [1.807, 2.05) is 11.9 Å². The lowest BCUT2D eigenvalue weighted by Gasteiger charge is -2.35. The Bertz CT molecular complexity index is 259. The molecular formula is C13H26N2O3. The van der Waals surface area contributed by atoms with Crippen molar-refractivity contribution in [3.63, 3.8) is 0 Å². The Hall–Kier alpha value is -0.650. The van der Waals surface area contributed by atoms with Crippen molar-refractivity contribution >= 4 is 5.97 Å². The molecule has 0 amide bonds. The van der Waals surface area contributed by atoms with Crippen LogP contribution in [0.5, 0.6) is 0 Å². The summed E-state index contributed by atoms with van der Waals surface area (Å²) in [5.74, 6) is -0.0682. The molecule has 0 bridgehead atoms. The van der Waals surface area contributed by atoms with Crippen LogP contribution in [0.15, 0.2) is 0 Å². The van der Waals surface area contributed by atoms with Gasteiger partial charge in [0, 0.05) is 32.7 Å². The molecule has 0 aromatic heterocycles. The second-order valence-electron chi connectivity index (χ2n) is 5.55. The molecule has 1 rings (SSSR count). The summed E-state index contributed by atoms with van der Waals surface area (Å²) in [6.07, 6.45) is 0.398. The van der Waals surface area contributed by atoms with Gasteiger partial charge in [-0.25, -0.2) is 0 Å². The van der Waals surface area contributed by atoms with E-state index in [2.05, 4.69) is 18.7 Å². The van der Waals surface area contributed by atoms with Gasteiger partial charge in [-0.3, -0.25) is 9.69 Å². The standard InChI is InChI=1S/C13H26N2O3/c1-11(2)8-15-6-7-18-12(10-15)9-14(3)5-4-13(16)17/h11-12H,4-10H2,1-3H3,(H,16,17). The Morgan fingerprint density at radius 1 is 1.56 bits per heavy atom. The van der Waals surface area contributed by atoms with Crippen molar-refractivity contribution in [3.8, 4) is 0 Å². The number of hydrogen-bond donors (Lipinski definition) is 1. The molecule has 0 saturated carbocycles. The number of ether oxygens (including phenoxy) is 1. The lowest BCUT2D eigenvalue weighted by atomic mass is 10.1. The maximum atomic E-state index is 10.5. The third kappa shape index (κ3) is 6.33. The molecule has 1 fully saturated rings. The number of nitrogens with zero attached hydrogens (tertiary/aromatic N) is 2. The van der Waals surface area contributed by atoms with E-state index in [9.17, 15) is 4.79 Å². The van der Waals surface area contributed by atoms with E-state index in [1.54, 1.807) is 0 Å². The van der Waals surface area contributed by atoms with Crippen molar-refractivity contribution in [2.75, 3.05) is 46.4 Å². The smallest absolute Gasteiger partial charge is 0.304 e. The van der Waals surface area contributed by atoms with Crippen molar-refractivity contribution in [2.45, 2.75) is 26.4 Å². The summed E-state index contributed by atoms with van der Waals surface area (Å²) in [5, 5.41) is 8.64. The van der Waals surface area contributed by atoms with Gasteiger partial charge in [-0.1, -0.05) is 13.8 Å². The highest BCUT2D eigenvalue weighted by Crippen LogP contribution is 2.09. The molecule has 0 aromatic rings. The maximum Gasteiger partial charge on any atom is 0.304 e. The van der Waals surface area contributed by atoms with Gasteiger partial charge < -0.3 is 14.7 Å². The number of rotatable bonds is 7. The molecule has 1 atom stereocenters. The van der Waals surface area contributed by atoms with Crippen LogP contribution in [0.2, 0.25) is 0 Å². The monoisotopic (exact) mass is 258 g/mol. The Morgan fingerprint density at radius 2 is 2.28 bits per heavy atom. The van der Waals surface area contributed by atoms with Gasteiger partial charge >= 0.3 is 5.97 Å².